The van der Waals surface area contributed by atoms with E-state index >= 15 is 0 Å². The molecule has 4 heteroatoms. The van der Waals surface area contributed by atoms with Crippen LogP contribution in [0.5, 0.6) is 0 Å². The maximum Gasteiger partial charge on any atom is 0.151 e. The first-order valence-corrected chi connectivity index (χ1v) is 5.00. The molecule has 0 saturated heterocycles. The maximum absolute atomic E-state index is 12.9. The number of aldehydes is 1. The largest absolute Gasteiger partial charge is 0.298 e. The Morgan fingerprint density at radius 2 is 2.35 bits per heavy atom. The van der Waals surface area contributed by atoms with E-state index in [-0.39, 0.29) is 5.56 Å². The third kappa shape index (κ3) is 2.79. The summed E-state index contributed by atoms with van der Waals surface area (Å²) >= 11 is 0. The van der Waals surface area contributed by atoms with Gasteiger partial charge < -0.3 is 0 Å². The monoisotopic (exact) mass is 228 g/mol. The van der Waals surface area contributed by atoms with Crippen molar-refractivity contribution in [1.82, 2.24) is 9.78 Å². The van der Waals surface area contributed by atoms with Crippen molar-refractivity contribution in [2.24, 2.45) is 0 Å². The fourth-order valence-electron chi connectivity index (χ4n) is 1.35. The molecule has 0 N–H and O–H groups in total. The van der Waals surface area contributed by atoms with Gasteiger partial charge in [-0.3, -0.25) is 9.48 Å². The maximum atomic E-state index is 12.9. The molecule has 17 heavy (non-hydrogen) atoms. The lowest BCUT2D eigenvalue weighted by Crippen LogP contribution is -1.95. The molecular formula is C13H9FN2O. The predicted octanol–water partition coefficient (Wildman–Crippen LogP) is 1.89. The van der Waals surface area contributed by atoms with E-state index in [1.807, 2.05) is 0 Å². The molecule has 0 amide bonds. The molecular weight excluding hydrogens is 219 g/mol. The van der Waals surface area contributed by atoms with Crippen LogP contribution in [0.25, 0.3) is 0 Å². The molecule has 0 atom stereocenters. The zero-order chi connectivity index (χ0) is 12.1. The van der Waals surface area contributed by atoms with Crippen LogP contribution in [0.4, 0.5) is 4.39 Å². The van der Waals surface area contributed by atoms with Crippen molar-refractivity contribution in [3.8, 4) is 11.8 Å². The minimum atomic E-state index is -0.440. The zero-order valence-corrected chi connectivity index (χ0v) is 8.93. The lowest BCUT2D eigenvalue weighted by molar-refractivity contribution is 0.112. The average molecular weight is 228 g/mol. The van der Waals surface area contributed by atoms with Gasteiger partial charge in [0.15, 0.2) is 6.29 Å². The Bertz CT molecular complexity index is 579. The van der Waals surface area contributed by atoms with Gasteiger partial charge in [0.2, 0.25) is 0 Å². The van der Waals surface area contributed by atoms with E-state index in [0.29, 0.717) is 18.4 Å². The zero-order valence-electron chi connectivity index (χ0n) is 8.93. The normalized spacial score (nSPS) is 9.47. The third-order valence-electron chi connectivity index (χ3n) is 2.16. The van der Waals surface area contributed by atoms with Gasteiger partial charge >= 0.3 is 0 Å². The van der Waals surface area contributed by atoms with Crippen LogP contribution in [0.3, 0.4) is 0 Å². The van der Waals surface area contributed by atoms with Crippen molar-refractivity contribution < 1.29 is 9.18 Å². The smallest absolute Gasteiger partial charge is 0.151 e. The number of carbonyl (C=O) groups excluding carboxylic acids is 1. The van der Waals surface area contributed by atoms with Crippen LogP contribution in [-0.4, -0.2) is 16.1 Å². The van der Waals surface area contributed by atoms with E-state index < -0.39 is 5.82 Å². The summed E-state index contributed by atoms with van der Waals surface area (Å²) in [6.07, 6.45) is 4.05. The standard InChI is InChI=1S/C13H9FN2O/c14-13-5-4-11(12(9-13)10-17)3-1-7-16-8-2-6-15-16/h2,4-6,8-10H,7H2. The average Bonchev–Trinajstić information content (AvgIpc) is 2.84. The molecule has 0 aliphatic carbocycles. The number of halogens is 1. The molecule has 84 valence electrons. The fourth-order valence-corrected chi connectivity index (χ4v) is 1.35. The topological polar surface area (TPSA) is 34.9 Å². The third-order valence-corrected chi connectivity index (χ3v) is 2.16. The van der Waals surface area contributed by atoms with Gasteiger partial charge in [-0.15, -0.1) is 0 Å². The molecule has 1 aromatic carbocycles. The quantitative estimate of drug-likeness (QED) is 0.581. The molecule has 0 radical (unpaired) electrons. The Balaban J connectivity index is 2.18. The number of rotatable bonds is 2. The molecule has 1 heterocycles. The molecule has 2 rings (SSSR count). The van der Waals surface area contributed by atoms with Crippen molar-refractivity contribution in [2.45, 2.75) is 6.54 Å². The van der Waals surface area contributed by atoms with Gasteiger partial charge in [0, 0.05) is 23.5 Å². The van der Waals surface area contributed by atoms with Gasteiger partial charge in [-0.2, -0.15) is 5.10 Å². The SMILES string of the molecule is O=Cc1cc(F)ccc1C#CCn1cccn1. The van der Waals surface area contributed by atoms with Crippen LogP contribution >= 0.6 is 0 Å². The van der Waals surface area contributed by atoms with Crippen LogP contribution < -0.4 is 0 Å². The number of aromatic nitrogens is 2. The summed E-state index contributed by atoms with van der Waals surface area (Å²) in [7, 11) is 0. The van der Waals surface area contributed by atoms with E-state index in [0.717, 1.165) is 0 Å². The molecule has 0 saturated carbocycles. The van der Waals surface area contributed by atoms with E-state index in [4.69, 9.17) is 0 Å². The lowest BCUT2D eigenvalue weighted by Gasteiger charge is -1.96. The van der Waals surface area contributed by atoms with Gasteiger partial charge in [-0.1, -0.05) is 11.8 Å². The molecule has 2 aromatic rings. The predicted molar refractivity (Wildman–Crippen MR) is 60.9 cm³/mol. The summed E-state index contributed by atoms with van der Waals surface area (Å²) < 4.78 is 14.5. The fraction of sp³-hybridized carbons (Fsp3) is 0.0769. The Morgan fingerprint density at radius 1 is 1.47 bits per heavy atom. The van der Waals surface area contributed by atoms with Crippen LogP contribution in [0.2, 0.25) is 0 Å². The lowest BCUT2D eigenvalue weighted by atomic mass is 10.1. The number of hydrogen-bond donors (Lipinski definition) is 0. The van der Waals surface area contributed by atoms with Crippen molar-refractivity contribution in [3.05, 3.63) is 53.6 Å². The van der Waals surface area contributed by atoms with E-state index in [2.05, 4.69) is 16.9 Å². The van der Waals surface area contributed by atoms with Gasteiger partial charge in [0.1, 0.15) is 12.4 Å². The van der Waals surface area contributed by atoms with Crippen LogP contribution in [0, 0.1) is 17.7 Å². The number of nitrogens with zero attached hydrogens (tertiary/aromatic N) is 2. The van der Waals surface area contributed by atoms with Crippen LogP contribution in [0.15, 0.2) is 36.7 Å². The molecule has 0 aliphatic heterocycles. The summed E-state index contributed by atoms with van der Waals surface area (Å²) in [6.45, 7) is 0.433. The van der Waals surface area contributed by atoms with Gasteiger partial charge in [0.05, 0.1) is 0 Å². The van der Waals surface area contributed by atoms with E-state index in [1.165, 1.54) is 18.2 Å². The summed E-state index contributed by atoms with van der Waals surface area (Å²) in [6, 6.07) is 5.75. The second-order valence-electron chi connectivity index (χ2n) is 3.35. The van der Waals surface area contributed by atoms with Crippen LogP contribution in [-0.2, 0) is 6.54 Å². The number of carbonyl (C=O) groups is 1. The Morgan fingerprint density at radius 3 is 3.06 bits per heavy atom. The summed E-state index contributed by atoms with van der Waals surface area (Å²) in [4.78, 5) is 10.7. The Labute approximate surface area is 97.9 Å². The second kappa shape index (κ2) is 5.08. The number of hydrogen-bond acceptors (Lipinski definition) is 2. The molecule has 3 nitrogen and oxygen atoms in total. The van der Waals surface area contributed by atoms with Crippen LogP contribution in [0.1, 0.15) is 15.9 Å². The van der Waals surface area contributed by atoms with Crippen molar-refractivity contribution in [2.75, 3.05) is 0 Å². The molecule has 0 bridgehead atoms. The highest BCUT2D eigenvalue weighted by Gasteiger charge is 1.99. The first-order valence-electron chi connectivity index (χ1n) is 5.00. The number of benzene rings is 1. The highest BCUT2D eigenvalue weighted by atomic mass is 19.1. The molecule has 0 fully saturated rings. The Kier molecular flexibility index (Phi) is 3.31. The highest BCUT2D eigenvalue weighted by molar-refractivity contribution is 5.79. The Hall–Kier alpha value is -2.41. The molecule has 0 unspecified atom stereocenters. The van der Waals surface area contributed by atoms with Crippen molar-refractivity contribution in [1.29, 1.82) is 0 Å². The minimum Gasteiger partial charge on any atom is -0.298 e. The van der Waals surface area contributed by atoms with Crippen molar-refractivity contribution >= 4 is 6.29 Å². The summed E-state index contributed by atoms with van der Waals surface area (Å²) in [5.41, 5.74) is 0.784. The molecule has 0 spiro atoms. The van der Waals surface area contributed by atoms with Gasteiger partial charge in [0.25, 0.3) is 0 Å². The summed E-state index contributed by atoms with van der Waals surface area (Å²) in [5.74, 6) is 5.25. The van der Waals surface area contributed by atoms with Crippen molar-refractivity contribution in [3.63, 3.8) is 0 Å². The second-order valence-corrected chi connectivity index (χ2v) is 3.35. The van der Waals surface area contributed by atoms with E-state index in [1.54, 1.807) is 23.1 Å². The van der Waals surface area contributed by atoms with E-state index in [9.17, 15) is 9.18 Å². The first kappa shape index (κ1) is 11.1. The molecule has 0 aliphatic rings. The minimum absolute atomic E-state index is 0.262. The van der Waals surface area contributed by atoms with Gasteiger partial charge in [-0.05, 0) is 24.3 Å². The molecule has 1 aromatic heterocycles. The van der Waals surface area contributed by atoms with Gasteiger partial charge in [-0.25, -0.2) is 4.39 Å². The highest BCUT2D eigenvalue weighted by Crippen LogP contribution is 2.07. The first-order chi connectivity index (χ1) is 8.29. The summed E-state index contributed by atoms with van der Waals surface area (Å²) in [5, 5.41) is 3.99.